The Hall–Kier alpha value is -3.02. The number of methoxy groups -OCH3 is 1. The number of aromatic nitrogens is 2. The highest BCUT2D eigenvalue weighted by atomic mass is 16.7. The summed E-state index contributed by atoms with van der Waals surface area (Å²) < 4.78 is 17.5. The quantitative estimate of drug-likeness (QED) is 0.742. The summed E-state index contributed by atoms with van der Waals surface area (Å²) in [5, 5.41) is 0.535. The highest BCUT2D eigenvalue weighted by Gasteiger charge is 2.14. The Labute approximate surface area is 131 Å². The molecule has 3 aromatic rings. The van der Waals surface area contributed by atoms with E-state index in [0.717, 1.165) is 11.3 Å². The van der Waals surface area contributed by atoms with Crippen LogP contribution in [-0.2, 0) is 6.54 Å². The molecular weight excluding hydrogens is 296 g/mol. The minimum absolute atomic E-state index is 0.105. The first kappa shape index (κ1) is 13.6. The van der Waals surface area contributed by atoms with Crippen molar-refractivity contribution in [2.45, 2.75) is 6.54 Å². The average molecular weight is 310 g/mol. The van der Waals surface area contributed by atoms with Gasteiger partial charge in [0.25, 0.3) is 5.56 Å². The van der Waals surface area contributed by atoms with Crippen LogP contribution in [0.5, 0.6) is 17.2 Å². The lowest BCUT2D eigenvalue weighted by Crippen LogP contribution is -2.21. The second-order valence-electron chi connectivity index (χ2n) is 5.22. The highest BCUT2D eigenvalue weighted by Crippen LogP contribution is 2.32. The molecule has 4 rings (SSSR count). The fourth-order valence-corrected chi connectivity index (χ4v) is 2.68. The van der Waals surface area contributed by atoms with Gasteiger partial charge in [-0.2, -0.15) is 0 Å². The van der Waals surface area contributed by atoms with Crippen LogP contribution in [-0.4, -0.2) is 23.5 Å². The Morgan fingerprint density at radius 3 is 2.96 bits per heavy atom. The van der Waals surface area contributed by atoms with Gasteiger partial charge in [-0.05, 0) is 29.8 Å². The zero-order valence-corrected chi connectivity index (χ0v) is 12.5. The van der Waals surface area contributed by atoms with Gasteiger partial charge >= 0.3 is 0 Å². The van der Waals surface area contributed by atoms with Crippen LogP contribution in [0.25, 0.3) is 10.9 Å². The predicted molar refractivity (Wildman–Crippen MR) is 84.2 cm³/mol. The molecule has 0 bridgehead atoms. The van der Waals surface area contributed by atoms with Crippen molar-refractivity contribution in [3.8, 4) is 17.2 Å². The summed E-state index contributed by atoms with van der Waals surface area (Å²) in [7, 11) is 1.56. The standard InChI is InChI=1S/C17H14N2O4/c1-21-14-4-2-3-12-16(14)18-9-19(17(12)20)8-11-5-6-13-15(7-11)23-10-22-13/h2-7,9H,8,10H2,1H3. The van der Waals surface area contributed by atoms with Crippen molar-refractivity contribution in [2.75, 3.05) is 13.9 Å². The van der Waals surface area contributed by atoms with Gasteiger partial charge < -0.3 is 14.2 Å². The molecule has 1 aliphatic heterocycles. The first-order chi connectivity index (χ1) is 11.3. The number of ether oxygens (including phenoxy) is 3. The third kappa shape index (κ3) is 2.28. The first-order valence-electron chi connectivity index (χ1n) is 7.17. The van der Waals surface area contributed by atoms with Crippen LogP contribution in [0.15, 0.2) is 47.5 Å². The molecule has 0 fully saturated rings. The molecule has 2 heterocycles. The lowest BCUT2D eigenvalue weighted by Gasteiger charge is -2.09. The van der Waals surface area contributed by atoms with Crippen molar-refractivity contribution in [3.63, 3.8) is 0 Å². The fraction of sp³-hybridized carbons (Fsp3) is 0.176. The van der Waals surface area contributed by atoms with Gasteiger partial charge in [-0.25, -0.2) is 4.98 Å². The lowest BCUT2D eigenvalue weighted by molar-refractivity contribution is 0.174. The maximum absolute atomic E-state index is 12.6. The number of benzene rings is 2. The molecule has 6 nitrogen and oxygen atoms in total. The van der Waals surface area contributed by atoms with E-state index < -0.39 is 0 Å². The van der Waals surface area contributed by atoms with Crippen LogP contribution in [0.4, 0.5) is 0 Å². The van der Waals surface area contributed by atoms with Gasteiger partial charge in [0.2, 0.25) is 6.79 Å². The predicted octanol–water partition coefficient (Wildman–Crippen LogP) is 2.18. The molecule has 6 heteroatoms. The van der Waals surface area contributed by atoms with Gasteiger partial charge in [0.15, 0.2) is 11.5 Å². The summed E-state index contributed by atoms with van der Waals surface area (Å²) in [6, 6.07) is 11.0. The number of hydrogen-bond donors (Lipinski definition) is 0. The van der Waals surface area contributed by atoms with Crippen LogP contribution in [0.2, 0.25) is 0 Å². The van der Waals surface area contributed by atoms with Crippen LogP contribution in [0.1, 0.15) is 5.56 Å². The van der Waals surface area contributed by atoms with Gasteiger partial charge in [-0.1, -0.05) is 12.1 Å². The van der Waals surface area contributed by atoms with Crippen molar-refractivity contribution in [2.24, 2.45) is 0 Å². The highest BCUT2D eigenvalue weighted by molar-refractivity contribution is 5.83. The maximum atomic E-state index is 12.6. The van der Waals surface area contributed by atoms with Gasteiger partial charge in [0, 0.05) is 0 Å². The van der Waals surface area contributed by atoms with Gasteiger partial charge in [-0.3, -0.25) is 9.36 Å². The average Bonchev–Trinajstić information content (AvgIpc) is 3.04. The van der Waals surface area contributed by atoms with E-state index >= 15 is 0 Å². The van der Waals surface area contributed by atoms with Gasteiger partial charge in [0.05, 0.1) is 25.4 Å². The smallest absolute Gasteiger partial charge is 0.261 e. The summed E-state index contributed by atoms with van der Waals surface area (Å²) in [6.45, 7) is 0.645. The number of fused-ring (bicyclic) bond motifs is 2. The maximum Gasteiger partial charge on any atom is 0.261 e. The Balaban J connectivity index is 1.75. The molecule has 0 aliphatic carbocycles. The van der Waals surface area contributed by atoms with E-state index in [4.69, 9.17) is 14.2 Å². The summed E-state index contributed by atoms with van der Waals surface area (Å²) in [5.74, 6) is 2.02. The summed E-state index contributed by atoms with van der Waals surface area (Å²) in [5.41, 5.74) is 1.41. The molecule has 0 radical (unpaired) electrons. The topological polar surface area (TPSA) is 62.6 Å². The number of hydrogen-bond acceptors (Lipinski definition) is 5. The Morgan fingerprint density at radius 2 is 2.09 bits per heavy atom. The number of nitrogens with zero attached hydrogens (tertiary/aromatic N) is 2. The summed E-state index contributed by atoms with van der Waals surface area (Å²) in [4.78, 5) is 17.0. The van der Waals surface area contributed by atoms with Crippen molar-refractivity contribution in [1.82, 2.24) is 9.55 Å². The molecule has 0 N–H and O–H groups in total. The second-order valence-corrected chi connectivity index (χ2v) is 5.22. The molecule has 0 spiro atoms. The molecule has 0 atom stereocenters. The van der Waals surface area contributed by atoms with E-state index in [-0.39, 0.29) is 12.4 Å². The summed E-state index contributed by atoms with van der Waals surface area (Å²) >= 11 is 0. The van der Waals surface area contributed by atoms with Crippen LogP contribution in [0.3, 0.4) is 0 Å². The third-order valence-electron chi connectivity index (χ3n) is 3.83. The van der Waals surface area contributed by atoms with Crippen LogP contribution in [0, 0.1) is 0 Å². The zero-order chi connectivity index (χ0) is 15.8. The zero-order valence-electron chi connectivity index (χ0n) is 12.5. The molecule has 0 saturated carbocycles. The van der Waals surface area contributed by atoms with E-state index in [2.05, 4.69) is 4.98 Å². The van der Waals surface area contributed by atoms with E-state index in [1.807, 2.05) is 18.2 Å². The lowest BCUT2D eigenvalue weighted by atomic mass is 10.2. The van der Waals surface area contributed by atoms with Crippen LogP contribution < -0.4 is 19.8 Å². The summed E-state index contributed by atoms with van der Waals surface area (Å²) in [6.07, 6.45) is 1.54. The van der Waals surface area contributed by atoms with Crippen molar-refractivity contribution in [3.05, 3.63) is 58.6 Å². The monoisotopic (exact) mass is 310 g/mol. The largest absolute Gasteiger partial charge is 0.494 e. The normalized spacial score (nSPS) is 12.6. The van der Waals surface area contributed by atoms with E-state index in [1.54, 1.807) is 29.9 Å². The molecule has 1 aromatic heterocycles. The minimum atomic E-state index is -0.105. The van der Waals surface area contributed by atoms with Crippen molar-refractivity contribution in [1.29, 1.82) is 0 Å². The fourth-order valence-electron chi connectivity index (χ4n) is 2.68. The SMILES string of the molecule is COc1cccc2c(=O)n(Cc3ccc4c(c3)OCO4)cnc12. The first-order valence-corrected chi connectivity index (χ1v) is 7.17. The molecule has 2 aromatic carbocycles. The van der Waals surface area contributed by atoms with E-state index in [1.165, 1.54) is 6.33 Å². The van der Waals surface area contributed by atoms with E-state index in [0.29, 0.717) is 28.9 Å². The van der Waals surface area contributed by atoms with E-state index in [9.17, 15) is 4.79 Å². The Kier molecular flexibility index (Phi) is 3.15. The second kappa shape index (κ2) is 5.31. The van der Waals surface area contributed by atoms with Crippen molar-refractivity contribution < 1.29 is 14.2 Å². The Morgan fingerprint density at radius 1 is 1.22 bits per heavy atom. The molecule has 0 saturated heterocycles. The number of para-hydroxylation sites is 1. The molecule has 1 aliphatic rings. The molecule has 116 valence electrons. The Bertz CT molecular complexity index is 949. The minimum Gasteiger partial charge on any atom is -0.494 e. The number of rotatable bonds is 3. The molecule has 0 amide bonds. The van der Waals surface area contributed by atoms with Gasteiger partial charge in [0.1, 0.15) is 11.3 Å². The van der Waals surface area contributed by atoms with Crippen molar-refractivity contribution >= 4 is 10.9 Å². The van der Waals surface area contributed by atoms with Gasteiger partial charge in [-0.15, -0.1) is 0 Å². The third-order valence-corrected chi connectivity index (χ3v) is 3.83. The van der Waals surface area contributed by atoms with Crippen LogP contribution >= 0.6 is 0 Å². The molecule has 23 heavy (non-hydrogen) atoms. The molecular formula is C17H14N2O4. The molecule has 0 unspecified atom stereocenters.